The topological polar surface area (TPSA) is 29.4 Å². The Morgan fingerprint density at radius 3 is 1.88 bits per heavy atom. The number of allylic oxidation sites excluding steroid dienone is 2. The Morgan fingerprint density at radius 1 is 0.833 bits per heavy atom. The molecule has 0 aromatic heterocycles. The predicted octanol–water partition coefficient (Wildman–Crippen LogP) is 6.47. The summed E-state index contributed by atoms with van der Waals surface area (Å²) < 4.78 is 0. The standard InChI is InChI=1S/C21H34ClNO/c22-21-20(17-24)15-14-18-12-10-8-6-4-2-1-3-5-7-9-11-13-19(18)16-23-21/h15,17-19H,1-14,16H2. The van der Waals surface area contributed by atoms with Crippen LogP contribution in [-0.2, 0) is 4.79 Å². The second kappa shape index (κ2) is 11.8. The molecule has 136 valence electrons. The summed E-state index contributed by atoms with van der Waals surface area (Å²) >= 11 is 6.18. The van der Waals surface area contributed by atoms with E-state index in [-0.39, 0.29) is 0 Å². The first-order valence-electron chi connectivity index (χ1n) is 10.2. The zero-order valence-electron chi connectivity index (χ0n) is 15.1. The van der Waals surface area contributed by atoms with Crippen LogP contribution in [0.2, 0.25) is 0 Å². The van der Waals surface area contributed by atoms with E-state index in [0.717, 1.165) is 19.3 Å². The first kappa shape index (κ1) is 19.7. The van der Waals surface area contributed by atoms with Crippen molar-refractivity contribution >= 4 is 23.1 Å². The summed E-state index contributed by atoms with van der Waals surface area (Å²) in [7, 11) is 0. The molecular formula is C21H34ClNO. The van der Waals surface area contributed by atoms with Crippen molar-refractivity contribution in [3.8, 4) is 0 Å². The lowest BCUT2D eigenvalue weighted by atomic mass is 9.81. The molecule has 3 heteroatoms. The normalized spacial score (nSPS) is 28.9. The van der Waals surface area contributed by atoms with Gasteiger partial charge in [0.25, 0.3) is 0 Å². The summed E-state index contributed by atoms with van der Waals surface area (Å²) in [5.41, 5.74) is 0.589. The molecule has 2 aliphatic rings. The summed E-state index contributed by atoms with van der Waals surface area (Å²) in [6.07, 6.45) is 21.6. The van der Waals surface area contributed by atoms with Crippen LogP contribution in [0.1, 0.15) is 89.9 Å². The van der Waals surface area contributed by atoms with E-state index < -0.39 is 0 Å². The van der Waals surface area contributed by atoms with Gasteiger partial charge in [-0.15, -0.1) is 0 Å². The number of nitrogens with zero attached hydrogens (tertiary/aromatic N) is 1. The lowest BCUT2D eigenvalue weighted by molar-refractivity contribution is -0.104. The van der Waals surface area contributed by atoms with Crippen LogP contribution in [0.5, 0.6) is 0 Å². The second-order valence-electron chi connectivity index (χ2n) is 7.63. The molecule has 1 aliphatic heterocycles. The number of rotatable bonds is 1. The fraction of sp³-hybridized carbons (Fsp3) is 0.810. The number of fused-ring (bicyclic) bond motifs is 1. The van der Waals surface area contributed by atoms with Gasteiger partial charge in [-0.1, -0.05) is 88.3 Å². The maximum atomic E-state index is 11.2. The van der Waals surface area contributed by atoms with E-state index in [1.165, 1.54) is 83.5 Å². The van der Waals surface area contributed by atoms with Crippen molar-refractivity contribution in [1.29, 1.82) is 0 Å². The van der Waals surface area contributed by atoms with E-state index in [4.69, 9.17) is 11.6 Å². The van der Waals surface area contributed by atoms with E-state index in [9.17, 15) is 4.79 Å². The van der Waals surface area contributed by atoms with E-state index in [1.54, 1.807) is 0 Å². The van der Waals surface area contributed by atoms with Crippen LogP contribution >= 0.6 is 11.6 Å². The number of hydrogen-bond donors (Lipinski definition) is 0. The lowest BCUT2D eigenvalue weighted by Gasteiger charge is -2.27. The van der Waals surface area contributed by atoms with Crippen LogP contribution in [0.15, 0.2) is 16.6 Å². The molecule has 2 nitrogen and oxygen atoms in total. The summed E-state index contributed by atoms with van der Waals surface area (Å²) in [5, 5.41) is 0.416. The summed E-state index contributed by atoms with van der Waals surface area (Å²) in [5.74, 6) is 1.30. The molecule has 1 fully saturated rings. The van der Waals surface area contributed by atoms with Crippen LogP contribution in [0.4, 0.5) is 0 Å². The van der Waals surface area contributed by atoms with Crippen LogP contribution in [0.25, 0.3) is 0 Å². The van der Waals surface area contributed by atoms with E-state index in [2.05, 4.69) is 4.99 Å². The van der Waals surface area contributed by atoms with Gasteiger partial charge in [0.1, 0.15) is 5.17 Å². The highest BCUT2D eigenvalue weighted by Crippen LogP contribution is 2.31. The predicted molar refractivity (Wildman–Crippen MR) is 104 cm³/mol. The van der Waals surface area contributed by atoms with E-state index >= 15 is 0 Å². The van der Waals surface area contributed by atoms with Crippen molar-refractivity contribution in [2.75, 3.05) is 6.54 Å². The summed E-state index contributed by atoms with van der Waals surface area (Å²) in [4.78, 5) is 15.7. The largest absolute Gasteiger partial charge is 0.298 e. The van der Waals surface area contributed by atoms with Gasteiger partial charge in [0.05, 0.1) is 0 Å². The Hall–Kier alpha value is -0.630. The van der Waals surface area contributed by atoms with Crippen molar-refractivity contribution in [2.45, 2.75) is 89.9 Å². The molecule has 1 saturated carbocycles. The molecule has 2 unspecified atom stereocenters. The Bertz CT molecular complexity index is 430. The summed E-state index contributed by atoms with van der Waals surface area (Å²) in [6.45, 7) is 0.800. The van der Waals surface area contributed by atoms with Gasteiger partial charge >= 0.3 is 0 Å². The Labute approximate surface area is 153 Å². The second-order valence-corrected chi connectivity index (χ2v) is 7.99. The minimum absolute atomic E-state index is 0.416. The maximum Gasteiger partial charge on any atom is 0.152 e. The minimum atomic E-state index is 0.416. The molecule has 0 amide bonds. The number of halogens is 1. The molecule has 1 heterocycles. The number of hydrogen-bond acceptors (Lipinski definition) is 2. The Morgan fingerprint density at radius 2 is 1.33 bits per heavy atom. The molecule has 0 bridgehead atoms. The first-order valence-corrected chi connectivity index (χ1v) is 10.5. The van der Waals surface area contributed by atoms with Crippen molar-refractivity contribution in [3.63, 3.8) is 0 Å². The van der Waals surface area contributed by atoms with Gasteiger partial charge in [-0.05, 0) is 31.1 Å². The monoisotopic (exact) mass is 351 g/mol. The average molecular weight is 352 g/mol. The molecule has 0 spiro atoms. The Balaban J connectivity index is 1.97. The van der Waals surface area contributed by atoms with Crippen molar-refractivity contribution in [3.05, 3.63) is 11.6 Å². The molecule has 0 saturated heterocycles. The fourth-order valence-electron chi connectivity index (χ4n) is 4.17. The third kappa shape index (κ3) is 7.09. The molecule has 0 N–H and O–H groups in total. The molecular weight excluding hydrogens is 318 g/mol. The van der Waals surface area contributed by atoms with Crippen LogP contribution in [-0.4, -0.2) is 18.0 Å². The average Bonchev–Trinajstić information content (AvgIpc) is 2.59. The maximum absolute atomic E-state index is 11.2. The number of carbonyl (C=O) groups excluding carboxylic acids is 1. The molecule has 0 aromatic rings. The van der Waals surface area contributed by atoms with E-state index in [1.807, 2.05) is 6.08 Å². The van der Waals surface area contributed by atoms with Crippen LogP contribution in [0, 0.1) is 11.8 Å². The smallest absolute Gasteiger partial charge is 0.152 e. The van der Waals surface area contributed by atoms with Crippen molar-refractivity contribution in [2.24, 2.45) is 16.8 Å². The van der Waals surface area contributed by atoms with Crippen LogP contribution in [0.3, 0.4) is 0 Å². The molecule has 0 aromatic carbocycles. The van der Waals surface area contributed by atoms with Gasteiger partial charge in [0, 0.05) is 12.1 Å². The SMILES string of the molecule is O=CC1=CCC2CCCCCCCCCCCCCC2CN=C1Cl. The highest BCUT2D eigenvalue weighted by Gasteiger charge is 2.22. The van der Waals surface area contributed by atoms with Gasteiger partial charge in [0.15, 0.2) is 6.29 Å². The molecule has 1 aliphatic carbocycles. The zero-order chi connectivity index (χ0) is 17.0. The van der Waals surface area contributed by atoms with Crippen LogP contribution < -0.4 is 0 Å². The quantitative estimate of drug-likeness (QED) is 0.498. The number of aldehydes is 1. The highest BCUT2D eigenvalue weighted by atomic mass is 35.5. The minimum Gasteiger partial charge on any atom is -0.298 e. The van der Waals surface area contributed by atoms with Gasteiger partial charge < -0.3 is 0 Å². The third-order valence-corrected chi connectivity index (χ3v) is 6.12. The Kier molecular flexibility index (Phi) is 9.72. The van der Waals surface area contributed by atoms with Gasteiger partial charge in [-0.3, -0.25) is 9.79 Å². The zero-order valence-corrected chi connectivity index (χ0v) is 15.9. The molecule has 2 rings (SSSR count). The number of aliphatic imine (C=N–C) groups is 1. The highest BCUT2D eigenvalue weighted by molar-refractivity contribution is 6.71. The first-order chi connectivity index (χ1) is 11.8. The molecule has 0 radical (unpaired) electrons. The summed E-state index contributed by atoms with van der Waals surface area (Å²) in [6, 6.07) is 0. The molecule has 24 heavy (non-hydrogen) atoms. The molecule has 2 atom stereocenters. The van der Waals surface area contributed by atoms with Gasteiger partial charge in [0.2, 0.25) is 0 Å². The van der Waals surface area contributed by atoms with Gasteiger partial charge in [-0.2, -0.15) is 0 Å². The van der Waals surface area contributed by atoms with Crippen molar-refractivity contribution < 1.29 is 4.79 Å². The van der Waals surface area contributed by atoms with Gasteiger partial charge in [-0.25, -0.2) is 0 Å². The lowest BCUT2D eigenvalue weighted by Crippen LogP contribution is -2.21. The number of carbonyl (C=O) groups is 1. The fourth-order valence-corrected chi connectivity index (χ4v) is 4.36. The van der Waals surface area contributed by atoms with Crippen molar-refractivity contribution in [1.82, 2.24) is 0 Å². The third-order valence-electron chi connectivity index (χ3n) is 5.79. The van der Waals surface area contributed by atoms with E-state index in [0.29, 0.717) is 22.6 Å².